The van der Waals surface area contributed by atoms with Crippen molar-refractivity contribution in [3.8, 4) is 0 Å². The Bertz CT molecular complexity index is 423. The van der Waals surface area contributed by atoms with E-state index in [1.807, 2.05) is 18.7 Å². The number of nitrogens with one attached hydrogen (secondary N) is 1. The van der Waals surface area contributed by atoms with E-state index in [9.17, 15) is 9.59 Å². The van der Waals surface area contributed by atoms with Gasteiger partial charge in [0.1, 0.15) is 0 Å². The van der Waals surface area contributed by atoms with Crippen molar-refractivity contribution in [2.45, 2.75) is 52.5 Å². The molecule has 0 radical (unpaired) electrons. The highest BCUT2D eigenvalue weighted by Crippen LogP contribution is 2.19. The standard InChI is InChI=1S/C19H36N4O2/c1-4-21-13-9-17(10-14-21)20-18(24)15-22-11-7-16(8-12-22)19(25)23(5-2)6-3/h16-17H,4-15H2,1-3H3,(H,20,24). The SMILES string of the molecule is CCN1CCC(NC(=O)CN2CCC(C(=O)N(CC)CC)CC2)CC1. The molecule has 2 aliphatic rings. The highest BCUT2D eigenvalue weighted by molar-refractivity contribution is 5.79. The number of carbonyl (C=O) groups is 2. The summed E-state index contributed by atoms with van der Waals surface area (Å²) in [5.74, 6) is 0.567. The van der Waals surface area contributed by atoms with Gasteiger partial charge in [-0.1, -0.05) is 6.92 Å². The van der Waals surface area contributed by atoms with Gasteiger partial charge in [0.15, 0.2) is 0 Å². The molecule has 2 aliphatic heterocycles. The highest BCUT2D eigenvalue weighted by Gasteiger charge is 2.28. The third-order valence-corrected chi connectivity index (χ3v) is 5.78. The highest BCUT2D eigenvalue weighted by atomic mass is 16.2. The van der Waals surface area contributed by atoms with Crippen molar-refractivity contribution in [3.63, 3.8) is 0 Å². The number of likely N-dealkylation sites (tertiary alicyclic amines) is 2. The topological polar surface area (TPSA) is 55.9 Å². The van der Waals surface area contributed by atoms with Crippen molar-refractivity contribution < 1.29 is 9.59 Å². The zero-order valence-corrected chi connectivity index (χ0v) is 16.3. The van der Waals surface area contributed by atoms with Crippen LogP contribution >= 0.6 is 0 Å². The van der Waals surface area contributed by atoms with Crippen molar-refractivity contribution in [2.75, 3.05) is 52.4 Å². The summed E-state index contributed by atoms with van der Waals surface area (Å²) in [6.45, 7) is 13.3. The fraction of sp³-hybridized carbons (Fsp3) is 0.895. The molecular formula is C19H36N4O2. The molecule has 6 nitrogen and oxygen atoms in total. The van der Waals surface area contributed by atoms with Crippen LogP contribution in [0, 0.1) is 5.92 Å². The first-order valence-electron chi connectivity index (χ1n) is 10.1. The molecule has 0 spiro atoms. The largest absolute Gasteiger partial charge is 0.352 e. The molecule has 0 atom stereocenters. The van der Waals surface area contributed by atoms with E-state index in [4.69, 9.17) is 0 Å². The van der Waals surface area contributed by atoms with E-state index in [2.05, 4.69) is 22.0 Å². The molecule has 2 fully saturated rings. The smallest absolute Gasteiger partial charge is 0.234 e. The van der Waals surface area contributed by atoms with Gasteiger partial charge in [-0.3, -0.25) is 14.5 Å². The van der Waals surface area contributed by atoms with Crippen molar-refractivity contribution in [1.29, 1.82) is 0 Å². The van der Waals surface area contributed by atoms with Gasteiger partial charge in [-0.25, -0.2) is 0 Å². The van der Waals surface area contributed by atoms with Crippen LogP contribution < -0.4 is 5.32 Å². The molecule has 0 unspecified atom stereocenters. The Balaban J connectivity index is 1.67. The van der Waals surface area contributed by atoms with Crippen LogP contribution in [0.25, 0.3) is 0 Å². The van der Waals surface area contributed by atoms with Crippen LogP contribution in [0.3, 0.4) is 0 Å². The van der Waals surface area contributed by atoms with E-state index in [0.29, 0.717) is 12.6 Å². The van der Waals surface area contributed by atoms with Gasteiger partial charge in [-0.2, -0.15) is 0 Å². The molecule has 144 valence electrons. The van der Waals surface area contributed by atoms with Crippen LogP contribution in [0.4, 0.5) is 0 Å². The molecule has 0 aliphatic carbocycles. The zero-order valence-electron chi connectivity index (χ0n) is 16.3. The van der Waals surface area contributed by atoms with Crippen LogP contribution in [-0.4, -0.2) is 84.9 Å². The number of nitrogens with zero attached hydrogens (tertiary/aromatic N) is 3. The maximum absolute atomic E-state index is 12.4. The van der Waals surface area contributed by atoms with Crippen molar-refractivity contribution >= 4 is 11.8 Å². The minimum atomic E-state index is 0.137. The first kappa shape index (κ1) is 20.2. The van der Waals surface area contributed by atoms with Gasteiger partial charge in [0.25, 0.3) is 0 Å². The normalized spacial score (nSPS) is 21.2. The molecule has 2 rings (SSSR count). The summed E-state index contributed by atoms with van der Waals surface area (Å²) in [5.41, 5.74) is 0. The Labute approximate surface area is 152 Å². The lowest BCUT2D eigenvalue weighted by Crippen LogP contribution is -2.49. The minimum absolute atomic E-state index is 0.137. The van der Waals surface area contributed by atoms with Gasteiger partial charge in [-0.05, 0) is 59.2 Å². The Morgan fingerprint density at radius 1 is 0.920 bits per heavy atom. The number of piperidine rings is 2. The Kier molecular flexibility index (Phi) is 8.16. The van der Waals surface area contributed by atoms with E-state index < -0.39 is 0 Å². The summed E-state index contributed by atoms with van der Waals surface area (Å²) >= 11 is 0. The molecule has 1 N–H and O–H groups in total. The number of rotatable bonds is 7. The van der Waals surface area contributed by atoms with Crippen LogP contribution in [0.5, 0.6) is 0 Å². The lowest BCUT2D eigenvalue weighted by atomic mass is 9.95. The molecule has 0 aromatic rings. The molecule has 0 bridgehead atoms. The molecular weight excluding hydrogens is 316 g/mol. The maximum atomic E-state index is 12.4. The third-order valence-electron chi connectivity index (χ3n) is 5.78. The molecule has 2 heterocycles. The second-order valence-electron chi connectivity index (χ2n) is 7.34. The van der Waals surface area contributed by atoms with Gasteiger partial charge in [0, 0.05) is 38.1 Å². The average Bonchev–Trinajstić information content (AvgIpc) is 2.64. The van der Waals surface area contributed by atoms with Crippen molar-refractivity contribution in [2.24, 2.45) is 5.92 Å². The van der Waals surface area contributed by atoms with E-state index >= 15 is 0 Å². The first-order chi connectivity index (χ1) is 12.1. The zero-order chi connectivity index (χ0) is 18.2. The Hall–Kier alpha value is -1.14. The van der Waals surface area contributed by atoms with Crippen LogP contribution in [0.2, 0.25) is 0 Å². The quantitative estimate of drug-likeness (QED) is 0.747. The van der Waals surface area contributed by atoms with E-state index in [0.717, 1.165) is 71.5 Å². The van der Waals surface area contributed by atoms with Crippen molar-refractivity contribution in [3.05, 3.63) is 0 Å². The van der Waals surface area contributed by atoms with E-state index in [1.54, 1.807) is 0 Å². The third kappa shape index (κ3) is 5.96. The maximum Gasteiger partial charge on any atom is 0.234 e. The number of carbonyl (C=O) groups excluding carboxylic acids is 2. The number of hydrogen-bond donors (Lipinski definition) is 1. The van der Waals surface area contributed by atoms with E-state index in [-0.39, 0.29) is 17.7 Å². The van der Waals surface area contributed by atoms with Crippen LogP contribution in [-0.2, 0) is 9.59 Å². The molecule has 0 aromatic carbocycles. The second-order valence-corrected chi connectivity index (χ2v) is 7.34. The van der Waals surface area contributed by atoms with Gasteiger partial charge in [0.05, 0.1) is 6.54 Å². The van der Waals surface area contributed by atoms with Crippen LogP contribution in [0.15, 0.2) is 0 Å². The lowest BCUT2D eigenvalue weighted by Gasteiger charge is -2.34. The molecule has 0 saturated carbocycles. The number of hydrogen-bond acceptors (Lipinski definition) is 4. The predicted octanol–water partition coefficient (Wildman–Crippen LogP) is 1.17. The summed E-state index contributed by atoms with van der Waals surface area (Å²) in [4.78, 5) is 31.3. The van der Waals surface area contributed by atoms with Crippen LogP contribution in [0.1, 0.15) is 46.5 Å². The van der Waals surface area contributed by atoms with Gasteiger partial charge < -0.3 is 15.1 Å². The summed E-state index contributed by atoms with van der Waals surface area (Å²) in [5, 5.41) is 3.20. The Morgan fingerprint density at radius 2 is 1.48 bits per heavy atom. The van der Waals surface area contributed by atoms with E-state index in [1.165, 1.54) is 0 Å². The molecule has 2 saturated heterocycles. The predicted molar refractivity (Wildman–Crippen MR) is 100 cm³/mol. The van der Waals surface area contributed by atoms with Crippen molar-refractivity contribution in [1.82, 2.24) is 20.0 Å². The molecule has 0 aromatic heterocycles. The average molecular weight is 353 g/mol. The fourth-order valence-corrected chi connectivity index (χ4v) is 4.00. The molecule has 6 heteroatoms. The fourth-order valence-electron chi connectivity index (χ4n) is 4.00. The summed E-state index contributed by atoms with van der Waals surface area (Å²) in [6, 6.07) is 0.331. The summed E-state index contributed by atoms with van der Waals surface area (Å²) < 4.78 is 0. The first-order valence-corrected chi connectivity index (χ1v) is 10.1. The van der Waals surface area contributed by atoms with Gasteiger partial charge in [-0.15, -0.1) is 0 Å². The second kappa shape index (κ2) is 10.1. The van der Waals surface area contributed by atoms with Gasteiger partial charge in [0.2, 0.25) is 11.8 Å². The summed E-state index contributed by atoms with van der Waals surface area (Å²) in [7, 11) is 0. The lowest BCUT2D eigenvalue weighted by molar-refractivity contribution is -0.136. The minimum Gasteiger partial charge on any atom is -0.352 e. The number of amides is 2. The van der Waals surface area contributed by atoms with Gasteiger partial charge >= 0.3 is 0 Å². The molecule has 25 heavy (non-hydrogen) atoms. The summed E-state index contributed by atoms with van der Waals surface area (Å²) in [6.07, 6.45) is 3.86. The molecule has 2 amide bonds. The monoisotopic (exact) mass is 352 g/mol. The Morgan fingerprint density at radius 3 is 2.00 bits per heavy atom.